The fourth-order valence-corrected chi connectivity index (χ4v) is 4.59. The van der Waals surface area contributed by atoms with E-state index >= 15 is 0 Å². The summed E-state index contributed by atoms with van der Waals surface area (Å²) in [4.78, 5) is 9.99. The van der Waals surface area contributed by atoms with E-state index in [-0.39, 0.29) is 18.9 Å². The van der Waals surface area contributed by atoms with Gasteiger partial charge in [-0.25, -0.2) is 17.2 Å². The van der Waals surface area contributed by atoms with Crippen molar-refractivity contribution >= 4 is 32.8 Å². The van der Waals surface area contributed by atoms with Crippen LogP contribution in [-0.4, -0.2) is 58.7 Å². The molecule has 0 bridgehead atoms. The number of benzene rings is 1. The first-order chi connectivity index (χ1) is 13.3. The van der Waals surface area contributed by atoms with Crippen molar-refractivity contribution in [3.8, 4) is 0 Å². The zero-order valence-electron chi connectivity index (χ0n) is 14.9. The van der Waals surface area contributed by atoms with Crippen LogP contribution in [0.1, 0.15) is 0 Å². The zero-order valence-corrected chi connectivity index (χ0v) is 15.7. The van der Waals surface area contributed by atoms with Crippen LogP contribution in [-0.2, 0) is 17.1 Å². The number of piperazine rings is 1. The summed E-state index contributed by atoms with van der Waals surface area (Å²) in [6, 6.07) is 2.42. The molecule has 28 heavy (non-hydrogen) atoms. The highest BCUT2D eigenvalue weighted by atomic mass is 32.2. The van der Waals surface area contributed by atoms with E-state index in [0.717, 1.165) is 16.4 Å². The van der Waals surface area contributed by atoms with Crippen molar-refractivity contribution in [2.75, 3.05) is 36.8 Å². The van der Waals surface area contributed by atoms with Crippen LogP contribution in [0.4, 0.5) is 20.5 Å². The molecule has 1 aliphatic heterocycles. The number of nitrogen functional groups attached to an aromatic ring is 1. The molecular weight excluding hydrogens is 392 g/mol. The van der Waals surface area contributed by atoms with Gasteiger partial charge >= 0.3 is 0 Å². The number of fused-ring (bicyclic) bond motifs is 1. The molecule has 3 heterocycles. The van der Waals surface area contributed by atoms with E-state index in [1.807, 2.05) is 0 Å². The van der Waals surface area contributed by atoms with E-state index in [9.17, 15) is 17.2 Å². The van der Waals surface area contributed by atoms with Crippen LogP contribution >= 0.6 is 0 Å². The second-order valence-electron chi connectivity index (χ2n) is 6.38. The maximum atomic E-state index is 13.9. The van der Waals surface area contributed by atoms with Gasteiger partial charge in [0, 0.05) is 39.3 Å². The predicted octanol–water partition coefficient (Wildman–Crippen LogP) is 0.735. The number of nitrogens with two attached hydrogens (primary N) is 1. The molecule has 3 aromatic rings. The summed E-state index contributed by atoms with van der Waals surface area (Å²) in [6.07, 6.45) is 1.58. The maximum absolute atomic E-state index is 13.9. The monoisotopic (exact) mass is 409 g/mol. The molecule has 12 heteroatoms. The minimum absolute atomic E-state index is 0.103. The lowest BCUT2D eigenvalue weighted by Crippen LogP contribution is -2.49. The van der Waals surface area contributed by atoms with Crippen molar-refractivity contribution in [3.05, 3.63) is 36.0 Å². The van der Waals surface area contributed by atoms with Crippen molar-refractivity contribution < 1.29 is 17.2 Å². The number of aryl methyl sites for hydroxylation is 1. The topological polar surface area (TPSA) is 110 Å². The Balaban J connectivity index is 1.55. The van der Waals surface area contributed by atoms with E-state index < -0.39 is 26.6 Å². The number of nitrogens with zero attached hydrogens (tertiary/aromatic N) is 6. The van der Waals surface area contributed by atoms with Gasteiger partial charge in [0.05, 0.1) is 11.6 Å². The molecule has 4 rings (SSSR count). The molecule has 0 atom stereocenters. The first-order valence-corrected chi connectivity index (χ1v) is 9.87. The van der Waals surface area contributed by atoms with Gasteiger partial charge in [-0.3, -0.25) is 4.68 Å². The van der Waals surface area contributed by atoms with Gasteiger partial charge in [-0.05, 0) is 12.1 Å². The molecule has 1 aliphatic rings. The largest absolute Gasteiger partial charge is 0.383 e. The zero-order chi connectivity index (χ0) is 20.1. The van der Waals surface area contributed by atoms with Gasteiger partial charge in [0.1, 0.15) is 22.3 Å². The van der Waals surface area contributed by atoms with E-state index in [1.165, 1.54) is 0 Å². The first-order valence-electron chi connectivity index (χ1n) is 8.43. The third-order valence-electron chi connectivity index (χ3n) is 4.64. The summed E-state index contributed by atoms with van der Waals surface area (Å²) in [5.41, 5.74) is 6.54. The molecule has 0 spiro atoms. The van der Waals surface area contributed by atoms with Crippen LogP contribution in [0, 0.1) is 11.6 Å². The molecule has 1 saturated heterocycles. The van der Waals surface area contributed by atoms with Crippen LogP contribution in [0.3, 0.4) is 0 Å². The normalized spacial score (nSPS) is 16.0. The highest BCUT2D eigenvalue weighted by molar-refractivity contribution is 7.89. The van der Waals surface area contributed by atoms with Gasteiger partial charge in [0.2, 0.25) is 16.0 Å². The van der Waals surface area contributed by atoms with Crippen molar-refractivity contribution in [3.63, 3.8) is 0 Å². The number of halogens is 2. The Morgan fingerprint density at radius 3 is 2.50 bits per heavy atom. The number of sulfonamides is 1. The number of aromatic nitrogens is 4. The summed E-state index contributed by atoms with van der Waals surface area (Å²) in [6.45, 7) is 0.799. The van der Waals surface area contributed by atoms with Gasteiger partial charge in [0.25, 0.3) is 0 Å². The second kappa shape index (κ2) is 6.63. The number of rotatable bonds is 3. The lowest BCUT2D eigenvalue weighted by molar-refractivity contribution is 0.380. The summed E-state index contributed by atoms with van der Waals surface area (Å²) in [7, 11) is -2.33. The Hall–Kier alpha value is -2.86. The second-order valence-corrected chi connectivity index (χ2v) is 8.29. The van der Waals surface area contributed by atoms with Crippen LogP contribution < -0.4 is 10.6 Å². The van der Waals surface area contributed by atoms with Gasteiger partial charge in [-0.2, -0.15) is 19.4 Å². The average molecular weight is 409 g/mol. The number of hydrogen-bond donors (Lipinski definition) is 1. The number of hydrogen-bond acceptors (Lipinski definition) is 7. The fraction of sp³-hybridized carbons (Fsp3) is 0.312. The smallest absolute Gasteiger partial charge is 0.246 e. The molecule has 0 amide bonds. The Morgan fingerprint density at radius 2 is 1.82 bits per heavy atom. The Kier molecular flexibility index (Phi) is 4.38. The van der Waals surface area contributed by atoms with Gasteiger partial charge < -0.3 is 10.6 Å². The quantitative estimate of drug-likeness (QED) is 0.679. The average Bonchev–Trinajstić information content (AvgIpc) is 3.03. The van der Waals surface area contributed by atoms with E-state index in [2.05, 4.69) is 15.1 Å². The number of anilines is 2. The summed E-state index contributed by atoms with van der Waals surface area (Å²) >= 11 is 0. The Labute approximate surface area is 159 Å². The molecule has 148 valence electrons. The third kappa shape index (κ3) is 3.03. The van der Waals surface area contributed by atoms with Crippen molar-refractivity contribution in [2.45, 2.75) is 4.90 Å². The van der Waals surface area contributed by atoms with Gasteiger partial charge in [-0.1, -0.05) is 0 Å². The molecule has 2 N–H and O–H groups in total. The van der Waals surface area contributed by atoms with Gasteiger partial charge in [-0.15, -0.1) is 0 Å². The molecule has 0 radical (unpaired) electrons. The Morgan fingerprint density at radius 1 is 1.11 bits per heavy atom. The summed E-state index contributed by atoms with van der Waals surface area (Å²) in [5, 5.41) is 4.74. The highest BCUT2D eigenvalue weighted by Gasteiger charge is 2.31. The molecule has 1 aromatic carbocycles. The van der Waals surface area contributed by atoms with Crippen molar-refractivity contribution in [1.82, 2.24) is 24.1 Å². The summed E-state index contributed by atoms with van der Waals surface area (Å²) in [5.74, 6) is -1.28. The lowest BCUT2D eigenvalue weighted by Gasteiger charge is -2.34. The first kappa shape index (κ1) is 18.5. The van der Waals surface area contributed by atoms with Crippen LogP contribution in [0.15, 0.2) is 29.3 Å². The molecule has 0 saturated carbocycles. The minimum atomic E-state index is -4.07. The van der Waals surface area contributed by atoms with Crippen LogP contribution in [0.25, 0.3) is 11.0 Å². The Bertz CT molecular complexity index is 1160. The van der Waals surface area contributed by atoms with E-state index in [0.29, 0.717) is 36.1 Å². The predicted molar refractivity (Wildman–Crippen MR) is 98.0 cm³/mol. The van der Waals surface area contributed by atoms with Crippen molar-refractivity contribution in [2.24, 2.45) is 7.05 Å². The molecule has 0 aliphatic carbocycles. The fourth-order valence-electron chi connectivity index (χ4n) is 3.13. The molecule has 0 unspecified atom stereocenters. The third-order valence-corrected chi connectivity index (χ3v) is 6.57. The minimum Gasteiger partial charge on any atom is -0.383 e. The standard InChI is InChI=1S/C16H17F2N7O2S/c1-23-15-11(9-20-23)14(19)21-16(22-15)24-4-6-25(7-5-24)28(26,27)13-3-2-10(17)8-12(13)18/h2-3,8-9H,4-7H2,1H3,(H2,19,21,22). The molecule has 1 fully saturated rings. The lowest BCUT2D eigenvalue weighted by atomic mass is 10.3. The molecule has 2 aromatic heterocycles. The van der Waals surface area contributed by atoms with Crippen LogP contribution in [0.5, 0.6) is 0 Å². The molecule has 9 nitrogen and oxygen atoms in total. The molecular formula is C16H17F2N7O2S. The van der Waals surface area contributed by atoms with Gasteiger partial charge in [0.15, 0.2) is 5.65 Å². The van der Waals surface area contributed by atoms with E-state index in [4.69, 9.17) is 5.73 Å². The maximum Gasteiger partial charge on any atom is 0.246 e. The van der Waals surface area contributed by atoms with E-state index in [1.54, 1.807) is 22.8 Å². The SMILES string of the molecule is Cn1ncc2c(N)nc(N3CCN(S(=O)(=O)c4ccc(F)cc4F)CC3)nc21. The van der Waals surface area contributed by atoms with Crippen molar-refractivity contribution in [1.29, 1.82) is 0 Å². The van der Waals surface area contributed by atoms with Crippen LogP contribution in [0.2, 0.25) is 0 Å². The summed E-state index contributed by atoms with van der Waals surface area (Å²) < 4.78 is 55.1. The highest BCUT2D eigenvalue weighted by Crippen LogP contribution is 2.24.